The third-order valence-electron chi connectivity index (χ3n) is 9.70. The van der Waals surface area contributed by atoms with Gasteiger partial charge in [-0.1, -0.05) is 152 Å². The maximum absolute atomic E-state index is 6.79. The molecule has 10 rings (SSSR count). The van der Waals surface area contributed by atoms with E-state index in [9.17, 15) is 0 Å². The number of benzene rings is 8. The van der Waals surface area contributed by atoms with Gasteiger partial charge in [-0.15, -0.1) is 0 Å². The molecule has 0 aliphatic heterocycles. The molecule has 0 unspecified atom stereocenters. The van der Waals surface area contributed by atoms with Crippen LogP contribution in [-0.4, -0.2) is 15.0 Å². The molecule has 0 aliphatic rings. The van der Waals surface area contributed by atoms with Crippen molar-refractivity contribution in [1.29, 1.82) is 0 Å². The number of hydrogen-bond donors (Lipinski definition) is 0. The zero-order chi connectivity index (χ0) is 33.7. The van der Waals surface area contributed by atoms with Gasteiger partial charge in [-0.3, -0.25) is 0 Å². The minimum absolute atomic E-state index is 0.559. The van der Waals surface area contributed by atoms with Crippen molar-refractivity contribution in [2.45, 2.75) is 0 Å². The first-order valence-corrected chi connectivity index (χ1v) is 17.1. The molecule has 0 radical (unpaired) electrons. The predicted octanol–water partition coefficient (Wildman–Crippen LogP) is 12.4. The highest BCUT2D eigenvalue weighted by molar-refractivity contribution is 6.15. The highest BCUT2D eigenvalue weighted by Crippen LogP contribution is 2.43. The van der Waals surface area contributed by atoms with Crippen molar-refractivity contribution in [2.24, 2.45) is 0 Å². The first-order chi connectivity index (χ1) is 25.3. The largest absolute Gasteiger partial charge is 0.455 e. The lowest BCUT2D eigenvalue weighted by Crippen LogP contribution is -2.00. The van der Waals surface area contributed by atoms with E-state index in [1.165, 1.54) is 21.9 Å². The molecular formula is C47H29N3O. The Hall–Kier alpha value is -6.91. The maximum atomic E-state index is 6.79. The predicted molar refractivity (Wildman–Crippen MR) is 209 cm³/mol. The van der Waals surface area contributed by atoms with Gasteiger partial charge < -0.3 is 4.42 Å². The average molecular weight is 652 g/mol. The number of rotatable bonds is 5. The van der Waals surface area contributed by atoms with Crippen molar-refractivity contribution in [2.75, 3.05) is 0 Å². The van der Waals surface area contributed by atoms with Gasteiger partial charge in [-0.05, 0) is 68.1 Å². The van der Waals surface area contributed by atoms with Crippen LogP contribution in [0.15, 0.2) is 180 Å². The van der Waals surface area contributed by atoms with Crippen LogP contribution in [0.3, 0.4) is 0 Å². The Morgan fingerprint density at radius 2 is 0.804 bits per heavy atom. The molecule has 2 aromatic heterocycles. The zero-order valence-corrected chi connectivity index (χ0v) is 27.5. The summed E-state index contributed by atoms with van der Waals surface area (Å²) in [6.45, 7) is 0. The van der Waals surface area contributed by atoms with Crippen LogP contribution in [-0.2, 0) is 0 Å². The van der Waals surface area contributed by atoms with Crippen molar-refractivity contribution in [1.82, 2.24) is 15.0 Å². The number of aromatic nitrogens is 3. The van der Waals surface area contributed by atoms with Gasteiger partial charge in [0, 0.05) is 21.9 Å². The van der Waals surface area contributed by atoms with Gasteiger partial charge in [0.15, 0.2) is 17.5 Å². The van der Waals surface area contributed by atoms with Crippen molar-refractivity contribution in [3.05, 3.63) is 176 Å². The minimum atomic E-state index is 0.559. The lowest BCUT2D eigenvalue weighted by atomic mass is 9.90. The molecular weight excluding hydrogens is 623 g/mol. The zero-order valence-electron chi connectivity index (χ0n) is 27.5. The van der Waals surface area contributed by atoms with Crippen LogP contribution < -0.4 is 0 Å². The van der Waals surface area contributed by atoms with E-state index >= 15 is 0 Å². The van der Waals surface area contributed by atoms with E-state index in [0.717, 1.165) is 60.5 Å². The average Bonchev–Trinajstić information content (AvgIpc) is 3.57. The van der Waals surface area contributed by atoms with Crippen molar-refractivity contribution in [3.8, 4) is 56.4 Å². The maximum Gasteiger partial charge on any atom is 0.167 e. The Morgan fingerprint density at radius 1 is 0.314 bits per heavy atom. The summed E-state index contributed by atoms with van der Waals surface area (Å²) in [5.74, 6) is 1.78. The summed E-state index contributed by atoms with van der Waals surface area (Å²) < 4.78 is 6.79. The molecule has 0 amide bonds. The normalized spacial score (nSPS) is 11.5. The summed E-state index contributed by atoms with van der Waals surface area (Å²) in [7, 11) is 0. The smallest absolute Gasteiger partial charge is 0.167 e. The fourth-order valence-corrected chi connectivity index (χ4v) is 7.23. The van der Waals surface area contributed by atoms with Crippen LogP contribution in [0.25, 0.3) is 99.9 Å². The quantitative estimate of drug-likeness (QED) is 0.186. The summed E-state index contributed by atoms with van der Waals surface area (Å²) in [4.78, 5) is 15.3. The van der Waals surface area contributed by atoms with E-state index in [4.69, 9.17) is 19.4 Å². The van der Waals surface area contributed by atoms with Crippen LogP contribution in [0.1, 0.15) is 0 Å². The fraction of sp³-hybridized carbons (Fsp3) is 0. The first kappa shape index (κ1) is 29.0. The molecule has 2 heterocycles. The lowest BCUT2D eigenvalue weighted by molar-refractivity contribution is 0.670. The summed E-state index contributed by atoms with van der Waals surface area (Å²) in [6.07, 6.45) is 0. The summed E-state index contributed by atoms with van der Waals surface area (Å²) in [5.41, 5.74) is 8.82. The number of furan rings is 1. The Bertz CT molecular complexity index is 2840. The topological polar surface area (TPSA) is 51.8 Å². The molecule has 0 fully saturated rings. The molecule has 4 nitrogen and oxygen atoms in total. The van der Waals surface area contributed by atoms with Gasteiger partial charge in [-0.25, -0.2) is 15.0 Å². The second-order valence-electron chi connectivity index (χ2n) is 12.8. The van der Waals surface area contributed by atoms with E-state index < -0.39 is 0 Å². The highest BCUT2D eigenvalue weighted by Gasteiger charge is 2.21. The summed E-state index contributed by atoms with van der Waals surface area (Å²) >= 11 is 0. The van der Waals surface area contributed by atoms with E-state index in [0.29, 0.717) is 17.5 Å². The molecule has 10 aromatic rings. The molecule has 51 heavy (non-hydrogen) atoms. The van der Waals surface area contributed by atoms with Crippen LogP contribution >= 0.6 is 0 Å². The van der Waals surface area contributed by atoms with Crippen LogP contribution in [0.2, 0.25) is 0 Å². The Morgan fingerprint density at radius 3 is 1.41 bits per heavy atom. The Labute approximate surface area is 294 Å². The van der Waals surface area contributed by atoms with Gasteiger partial charge in [0.1, 0.15) is 11.2 Å². The van der Waals surface area contributed by atoms with E-state index in [1.54, 1.807) is 0 Å². The van der Waals surface area contributed by atoms with Crippen LogP contribution in [0.4, 0.5) is 0 Å². The lowest BCUT2D eigenvalue weighted by Gasteiger charge is -2.14. The standard InChI is InChI=1S/C47H29N3O/c1-4-14-30(15-5-1)36-24-25-37(39-23-13-12-22-38(36)39)35-27-41-40-26-33-20-10-11-21-34(33)29-43(40)51-44(41)42(28-35)47-49-45(31-16-6-2-7-17-31)48-46(50-47)32-18-8-3-9-19-32/h1-29H. The molecule has 0 atom stereocenters. The second-order valence-corrected chi connectivity index (χ2v) is 12.8. The molecule has 8 aromatic carbocycles. The van der Waals surface area contributed by atoms with Gasteiger partial charge in [0.2, 0.25) is 0 Å². The first-order valence-electron chi connectivity index (χ1n) is 17.1. The summed E-state index contributed by atoms with van der Waals surface area (Å²) in [6, 6.07) is 61.1. The number of nitrogens with zero attached hydrogens (tertiary/aromatic N) is 3. The van der Waals surface area contributed by atoms with Crippen LogP contribution in [0.5, 0.6) is 0 Å². The van der Waals surface area contributed by atoms with Gasteiger partial charge in [0.25, 0.3) is 0 Å². The van der Waals surface area contributed by atoms with Gasteiger partial charge in [-0.2, -0.15) is 0 Å². The van der Waals surface area contributed by atoms with Crippen LogP contribution in [0, 0.1) is 0 Å². The van der Waals surface area contributed by atoms with Gasteiger partial charge >= 0.3 is 0 Å². The van der Waals surface area contributed by atoms with E-state index in [1.807, 2.05) is 60.7 Å². The number of hydrogen-bond acceptors (Lipinski definition) is 4. The molecule has 0 aliphatic carbocycles. The SMILES string of the molecule is c1ccc(-c2nc(-c3ccccc3)nc(-c3cc(-c4ccc(-c5ccccc5)c5ccccc45)cc4c3oc3cc5ccccc5cc34)n2)cc1. The number of fused-ring (bicyclic) bond motifs is 5. The second kappa shape index (κ2) is 11.9. The molecule has 0 spiro atoms. The Kier molecular flexibility index (Phi) is 6.78. The molecule has 0 N–H and O–H groups in total. The summed E-state index contributed by atoms with van der Waals surface area (Å²) in [5, 5.41) is 6.73. The van der Waals surface area contributed by atoms with E-state index in [-0.39, 0.29) is 0 Å². The highest BCUT2D eigenvalue weighted by atomic mass is 16.3. The Balaban J connectivity index is 1.29. The molecule has 0 saturated heterocycles. The molecule has 0 bridgehead atoms. The monoisotopic (exact) mass is 651 g/mol. The van der Waals surface area contributed by atoms with Crippen molar-refractivity contribution in [3.63, 3.8) is 0 Å². The third kappa shape index (κ3) is 5.04. The molecule has 0 saturated carbocycles. The van der Waals surface area contributed by atoms with Crippen molar-refractivity contribution >= 4 is 43.5 Å². The molecule has 238 valence electrons. The van der Waals surface area contributed by atoms with E-state index in [2.05, 4.69) is 115 Å². The molecule has 4 heteroatoms. The van der Waals surface area contributed by atoms with Gasteiger partial charge in [0.05, 0.1) is 5.56 Å². The third-order valence-corrected chi connectivity index (χ3v) is 9.70. The fourth-order valence-electron chi connectivity index (χ4n) is 7.23. The van der Waals surface area contributed by atoms with Crippen molar-refractivity contribution < 1.29 is 4.42 Å². The minimum Gasteiger partial charge on any atom is -0.455 e.